The summed E-state index contributed by atoms with van der Waals surface area (Å²) in [5.41, 5.74) is 0.343. The van der Waals surface area contributed by atoms with Crippen LogP contribution in [0.2, 0.25) is 0 Å². The number of hydrogen-bond acceptors (Lipinski definition) is 4. The average molecular weight is 243 g/mol. The summed E-state index contributed by atoms with van der Waals surface area (Å²) >= 11 is 0. The van der Waals surface area contributed by atoms with Crippen LogP contribution in [0.25, 0.3) is 0 Å². The first-order chi connectivity index (χ1) is 7.99. The zero-order valence-electron chi connectivity index (χ0n) is 10.7. The topological polar surface area (TPSA) is 64.6 Å². The lowest BCUT2D eigenvalue weighted by Gasteiger charge is -2.12. The maximum Gasteiger partial charge on any atom is 0.333 e. The fraction of sp³-hybridized carbons (Fsp3) is 0.667. The van der Waals surface area contributed by atoms with E-state index in [1.807, 2.05) is 6.92 Å². The van der Waals surface area contributed by atoms with E-state index in [-0.39, 0.29) is 19.1 Å². The van der Waals surface area contributed by atoms with Crippen LogP contribution in [0.15, 0.2) is 12.2 Å². The van der Waals surface area contributed by atoms with Gasteiger partial charge in [-0.1, -0.05) is 13.5 Å². The van der Waals surface area contributed by atoms with E-state index >= 15 is 0 Å². The van der Waals surface area contributed by atoms with Crippen LogP contribution in [0.3, 0.4) is 0 Å². The predicted octanol–water partition coefficient (Wildman–Crippen LogP) is 1.04. The van der Waals surface area contributed by atoms with E-state index in [2.05, 4.69) is 11.9 Å². The summed E-state index contributed by atoms with van der Waals surface area (Å²) in [4.78, 5) is 22.4. The van der Waals surface area contributed by atoms with Gasteiger partial charge in [-0.05, 0) is 20.3 Å². The Morgan fingerprint density at radius 3 is 2.53 bits per heavy atom. The molecule has 0 saturated heterocycles. The first-order valence-corrected chi connectivity index (χ1v) is 5.71. The molecule has 1 amide bonds. The van der Waals surface area contributed by atoms with Gasteiger partial charge in [0.15, 0.2) is 0 Å². The SMILES string of the molecule is C=C(C)C(=O)OCCNC(=O)C(C)OCCC. The lowest BCUT2D eigenvalue weighted by molar-refractivity contribution is -0.140. The van der Waals surface area contributed by atoms with E-state index in [0.717, 1.165) is 6.42 Å². The molecule has 0 rings (SSSR count). The predicted molar refractivity (Wildman–Crippen MR) is 64.5 cm³/mol. The normalized spacial score (nSPS) is 11.7. The van der Waals surface area contributed by atoms with Gasteiger partial charge in [0.1, 0.15) is 12.7 Å². The molecular formula is C12H21NO4. The second-order valence-corrected chi connectivity index (χ2v) is 3.72. The standard InChI is InChI=1S/C12H21NO4/c1-5-7-16-10(4)11(14)13-6-8-17-12(15)9(2)3/h10H,2,5-8H2,1,3-4H3,(H,13,14). The maximum atomic E-state index is 11.4. The molecule has 0 aliphatic heterocycles. The Bertz CT molecular complexity index is 276. The van der Waals surface area contributed by atoms with Crippen molar-refractivity contribution >= 4 is 11.9 Å². The van der Waals surface area contributed by atoms with E-state index in [9.17, 15) is 9.59 Å². The number of ether oxygens (including phenoxy) is 2. The van der Waals surface area contributed by atoms with E-state index in [4.69, 9.17) is 9.47 Å². The number of rotatable bonds is 8. The van der Waals surface area contributed by atoms with Crippen molar-refractivity contribution in [3.63, 3.8) is 0 Å². The van der Waals surface area contributed by atoms with Crippen LogP contribution in [-0.2, 0) is 19.1 Å². The van der Waals surface area contributed by atoms with Gasteiger partial charge in [0, 0.05) is 12.2 Å². The largest absolute Gasteiger partial charge is 0.460 e. The Balaban J connectivity index is 3.64. The molecule has 1 N–H and O–H groups in total. The van der Waals surface area contributed by atoms with Gasteiger partial charge >= 0.3 is 5.97 Å². The Morgan fingerprint density at radius 1 is 1.35 bits per heavy atom. The van der Waals surface area contributed by atoms with E-state index in [0.29, 0.717) is 12.2 Å². The Hall–Kier alpha value is -1.36. The zero-order chi connectivity index (χ0) is 13.3. The van der Waals surface area contributed by atoms with Gasteiger partial charge in [0.25, 0.3) is 0 Å². The van der Waals surface area contributed by atoms with Crippen molar-refractivity contribution in [2.45, 2.75) is 33.3 Å². The Labute approximate surface area is 102 Å². The fourth-order valence-corrected chi connectivity index (χ4v) is 0.955. The molecule has 5 heteroatoms. The second kappa shape index (κ2) is 8.75. The van der Waals surface area contributed by atoms with Gasteiger partial charge in [-0.2, -0.15) is 0 Å². The van der Waals surface area contributed by atoms with Gasteiger partial charge < -0.3 is 14.8 Å². The molecule has 98 valence electrons. The molecule has 17 heavy (non-hydrogen) atoms. The summed E-state index contributed by atoms with van der Waals surface area (Å²) in [6.45, 7) is 9.65. The molecule has 0 fully saturated rings. The van der Waals surface area contributed by atoms with Crippen LogP contribution < -0.4 is 5.32 Å². The second-order valence-electron chi connectivity index (χ2n) is 3.72. The van der Waals surface area contributed by atoms with Crippen molar-refractivity contribution in [1.82, 2.24) is 5.32 Å². The third kappa shape index (κ3) is 7.52. The van der Waals surface area contributed by atoms with Crippen molar-refractivity contribution in [3.8, 4) is 0 Å². The highest BCUT2D eigenvalue weighted by molar-refractivity contribution is 5.87. The van der Waals surface area contributed by atoms with Crippen LogP contribution in [-0.4, -0.2) is 37.7 Å². The highest BCUT2D eigenvalue weighted by Gasteiger charge is 2.12. The van der Waals surface area contributed by atoms with Crippen molar-refractivity contribution < 1.29 is 19.1 Å². The Morgan fingerprint density at radius 2 is 2.00 bits per heavy atom. The number of nitrogens with one attached hydrogen (secondary N) is 1. The molecule has 0 aliphatic rings. The molecule has 0 aromatic rings. The quantitative estimate of drug-likeness (QED) is 0.393. The van der Waals surface area contributed by atoms with Gasteiger partial charge in [-0.3, -0.25) is 4.79 Å². The maximum absolute atomic E-state index is 11.4. The number of carbonyl (C=O) groups excluding carboxylic acids is 2. The monoisotopic (exact) mass is 243 g/mol. The first kappa shape index (κ1) is 15.6. The molecule has 1 atom stereocenters. The van der Waals surface area contributed by atoms with Crippen molar-refractivity contribution in [3.05, 3.63) is 12.2 Å². The van der Waals surface area contributed by atoms with Crippen LogP contribution in [0.5, 0.6) is 0 Å². The summed E-state index contributed by atoms with van der Waals surface area (Å²) in [5.74, 6) is -0.653. The molecule has 5 nitrogen and oxygen atoms in total. The third-order valence-corrected chi connectivity index (χ3v) is 1.92. The molecule has 0 aromatic heterocycles. The minimum absolute atomic E-state index is 0.137. The summed E-state index contributed by atoms with van der Waals surface area (Å²) in [6, 6.07) is 0. The number of esters is 1. The van der Waals surface area contributed by atoms with Gasteiger partial charge in [-0.25, -0.2) is 4.79 Å². The highest BCUT2D eigenvalue weighted by Crippen LogP contribution is 1.93. The third-order valence-electron chi connectivity index (χ3n) is 1.92. The van der Waals surface area contributed by atoms with Crippen LogP contribution >= 0.6 is 0 Å². The van der Waals surface area contributed by atoms with Crippen LogP contribution in [0.4, 0.5) is 0 Å². The molecule has 0 aromatic carbocycles. The molecule has 0 radical (unpaired) electrons. The minimum atomic E-state index is -0.480. The fourth-order valence-electron chi connectivity index (χ4n) is 0.955. The average Bonchev–Trinajstić information content (AvgIpc) is 2.30. The number of hydrogen-bond donors (Lipinski definition) is 1. The molecule has 0 bridgehead atoms. The van der Waals surface area contributed by atoms with Gasteiger partial charge in [-0.15, -0.1) is 0 Å². The van der Waals surface area contributed by atoms with E-state index in [1.54, 1.807) is 13.8 Å². The summed E-state index contributed by atoms with van der Waals surface area (Å²) in [5, 5.41) is 2.61. The smallest absolute Gasteiger partial charge is 0.333 e. The van der Waals surface area contributed by atoms with Crippen LogP contribution in [0, 0.1) is 0 Å². The Kier molecular flexibility index (Phi) is 8.05. The first-order valence-electron chi connectivity index (χ1n) is 5.71. The molecule has 0 spiro atoms. The molecule has 0 aliphatic carbocycles. The lowest BCUT2D eigenvalue weighted by atomic mass is 10.3. The summed E-state index contributed by atoms with van der Waals surface area (Å²) in [6.07, 6.45) is 0.389. The molecule has 0 heterocycles. The van der Waals surface area contributed by atoms with Crippen molar-refractivity contribution in [2.75, 3.05) is 19.8 Å². The van der Waals surface area contributed by atoms with Crippen molar-refractivity contribution in [1.29, 1.82) is 0 Å². The minimum Gasteiger partial charge on any atom is -0.460 e. The van der Waals surface area contributed by atoms with Crippen LogP contribution in [0.1, 0.15) is 27.2 Å². The van der Waals surface area contributed by atoms with Gasteiger partial charge in [0.2, 0.25) is 5.91 Å². The number of amides is 1. The van der Waals surface area contributed by atoms with Gasteiger partial charge in [0.05, 0.1) is 6.54 Å². The number of carbonyl (C=O) groups is 2. The molecular weight excluding hydrogens is 222 g/mol. The summed E-state index contributed by atoms with van der Waals surface area (Å²) < 4.78 is 10.1. The van der Waals surface area contributed by atoms with Crippen molar-refractivity contribution in [2.24, 2.45) is 0 Å². The van der Waals surface area contributed by atoms with E-state index < -0.39 is 12.1 Å². The lowest BCUT2D eigenvalue weighted by Crippen LogP contribution is -2.36. The zero-order valence-corrected chi connectivity index (χ0v) is 10.7. The summed E-state index contributed by atoms with van der Waals surface area (Å²) in [7, 11) is 0. The highest BCUT2D eigenvalue weighted by atomic mass is 16.5. The molecule has 1 unspecified atom stereocenters. The molecule has 0 saturated carbocycles. The van der Waals surface area contributed by atoms with E-state index in [1.165, 1.54) is 0 Å².